The van der Waals surface area contributed by atoms with Gasteiger partial charge >= 0.3 is 0 Å². The summed E-state index contributed by atoms with van der Waals surface area (Å²) < 4.78 is 9.20. The molecule has 0 N–H and O–H groups in total. The molecule has 0 aliphatic heterocycles. The third kappa shape index (κ3) is 4.03. The molecule has 0 unspecified atom stereocenters. The molecule has 4 nitrogen and oxygen atoms in total. The molecule has 0 amide bonds. The van der Waals surface area contributed by atoms with E-state index in [4.69, 9.17) is 14.4 Å². The van der Waals surface area contributed by atoms with Crippen molar-refractivity contribution in [3.05, 3.63) is 164 Å². The van der Waals surface area contributed by atoms with E-state index in [9.17, 15) is 0 Å². The zero-order valence-electron chi connectivity index (χ0n) is 25.8. The number of aromatic nitrogens is 3. The Morgan fingerprint density at radius 1 is 0.458 bits per heavy atom. The standard InChI is InChI=1S/C44H27N3O/c1-3-13-28(14-4-1)31-19-11-23-38-41(31)35-18-8-10-22-37(35)47(38)39-24-12-20-33-32-26-25-30(27-40(32)48-43(33)39)42-34-17-7-9-21-36(34)45-44(46-42)29-15-5-2-6-16-29/h1-27H. The minimum absolute atomic E-state index is 0.706. The first-order valence-electron chi connectivity index (χ1n) is 16.2. The average Bonchev–Trinajstić information content (AvgIpc) is 3.71. The second-order valence-electron chi connectivity index (χ2n) is 12.2. The molecule has 10 aromatic rings. The van der Waals surface area contributed by atoms with Crippen molar-refractivity contribution in [2.24, 2.45) is 0 Å². The van der Waals surface area contributed by atoms with Crippen LogP contribution >= 0.6 is 0 Å². The topological polar surface area (TPSA) is 43.9 Å². The van der Waals surface area contributed by atoms with Gasteiger partial charge in [0.2, 0.25) is 0 Å². The highest BCUT2D eigenvalue weighted by Gasteiger charge is 2.20. The van der Waals surface area contributed by atoms with E-state index in [2.05, 4.69) is 132 Å². The Morgan fingerprint density at radius 2 is 1.15 bits per heavy atom. The molecule has 0 aliphatic rings. The molecule has 0 saturated carbocycles. The zero-order valence-corrected chi connectivity index (χ0v) is 25.8. The molecule has 3 heterocycles. The van der Waals surface area contributed by atoms with Crippen LogP contribution in [0.4, 0.5) is 0 Å². The van der Waals surface area contributed by atoms with Crippen molar-refractivity contribution >= 4 is 54.6 Å². The number of rotatable bonds is 4. The second kappa shape index (κ2) is 10.5. The van der Waals surface area contributed by atoms with Crippen LogP contribution in [0.15, 0.2) is 168 Å². The predicted octanol–water partition coefficient (Wildman–Crippen LogP) is 11.6. The molecule has 7 aromatic carbocycles. The van der Waals surface area contributed by atoms with Crippen molar-refractivity contribution in [2.45, 2.75) is 0 Å². The van der Waals surface area contributed by atoms with Gasteiger partial charge in [-0.3, -0.25) is 0 Å². The van der Waals surface area contributed by atoms with E-state index in [0.717, 1.165) is 66.4 Å². The molecule has 224 valence electrons. The van der Waals surface area contributed by atoms with E-state index in [1.165, 1.54) is 21.9 Å². The molecule has 0 spiro atoms. The van der Waals surface area contributed by atoms with Gasteiger partial charge in [0.25, 0.3) is 0 Å². The molecule has 0 saturated heterocycles. The summed E-state index contributed by atoms with van der Waals surface area (Å²) in [5.41, 5.74) is 11.2. The van der Waals surface area contributed by atoms with Crippen LogP contribution in [0, 0.1) is 0 Å². The van der Waals surface area contributed by atoms with Gasteiger partial charge in [-0.15, -0.1) is 0 Å². The van der Waals surface area contributed by atoms with E-state index >= 15 is 0 Å². The van der Waals surface area contributed by atoms with E-state index in [1.807, 2.05) is 36.4 Å². The minimum atomic E-state index is 0.706. The van der Waals surface area contributed by atoms with Crippen LogP contribution in [0.1, 0.15) is 0 Å². The summed E-state index contributed by atoms with van der Waals surface area (Å²) in [5.74, 6) is 0.706. The molecule has 0 radical (unpaired) electrons. The average molecular weight is 614 g/mol. The lowest BCUT2D eigenvalue weighted by Crippen LogP contribution is -1.94. The summed E-state index contributed by atoms with van der Waals surface area (Å²) in [5, 5.41) is 5.61. The van der Waals surface area contributed by atoms with Crippen LogP contribution < -0.4 is 0 Å². The fraction of sp³-hybridized carbons (Fsp3) is 0. The Kier molecular flexibility index (Phi) is 5.84. The minimum Gasteiger partial charge on any atom is -0.454 e. The second-order valence-corrected chi connectivity index (χ2v) is 12.2. The van der Waals surface area contributed by atoms with Gasteiger partial charge in [0.1, 0.15) is 5.58 Å². The smallest absolute Gasteiger partial charge is 0.160 e. The first-order chi connectivity index (χ1) is 23.8. The van der Waals surface area contributed by atoms with Gasteiger partial charge < -0.3 is 8.98 Å². The Labute approximate surface area is 276 Å². The Bertz CT molecular complexity index is 2830. The summed E-state index contributed by atoms with van der Waals surface area (Å²) in [6.07, 6.45) is 0. The summed E-state index contributed by atoms with van der Waals surface area (Å²) >= 11 is 0. The molecule has 10 rings (SSSR count). The van der Waals surface area contributed by atoms with Crippen LogP contribution in [0.25, 0.3) is 94.1 Å². The molecular weight excluding hydrogens is 587 g/mol. The molecule has 0 atom stereocenters. The van der Waals surface area contributed by atoms with Crippen molar-refractivity contribution in [2.75, 3.05) is 0 Å². The van der Waals surface area contributed by atoms with E-state index in [1.54, 1.807) is 0 Å². The highest BCUT2D eigenvalue weighted by molar-refractivity contribution is 6.17. The third-order valence-electron chi connectivity index (χ3n) is 9.41. The lowest BCUT2D eigenvalue weighted by Gasteiger charge is -2.09. The Morgan fingerprint density at radius 3 is 2.00 bits per heavy atom. The number of benzene rings is 7. The number of nitrogens with zero attached hydrogens (tertiary/aromatic N) is 3. The molecule has 4 heteroatoms. The maximum atomic E-state index is 6.84. The fourth-order valence-corrected chi connectivity index (χ4v) is 7.26. The quantitative estimate of drug-likeness (QED) is 0.198. The Balaban J connectivity index is 1.20. The summed E-state index contributed by atoms with van der Waals surface area (Å²) in [6, 6.07) is 57.1. The summed E-state index contributed by atoms with van der Waals surface area (Å²) in [4.78, 5) is 10.0. The number of hydrogen-bond acceptors (Lipinski definition) is 3. The number of para-hydroxylation sites is 3. The van der Waals surface area contributed by atoms with Gasteiger partial charge in [0.05, 0.1) is 27.9 Å². The van der Waals surface area contributed by atoms with Gasteiger partial charge in [0, 0.05) is 38.1 Å². The molecular formula is C44H27N3O. The molecule has 0 fully saturated rings. The monoisotopic (exact) mass is 613 g/mol. The van der Waals surface area contributed by atoms with Crippen LogP contribution in [0.5, 0.6) is 0 Å². The van der Waals surface area contributed by atoms with Crippen molar-refractivity contribution in [1.29, 1.82) is 0 Å². The lowest BCUT2D eigenvalue weighted by molar-refractivity contribution is 0.666. The summed E-state index contributed by atoms with van der Waals surface area (Å²) in [6.45, 7) is 0. The maximum absolute atomic E-state index is 6.84. The van der Waals surface area contributed by atoms with E-state index < -0.39 is 0 Å². The first kappa shape index (κ1) is 26.7. The maximum Gasteiger partial charge on any atom is 0.160 e. The number of hydrogen-bond donors (Lipinski definition) is 0. The Hall–Kier alpha value is -6.52. The first-order valence-corrected chi connectivity index (χ1v) is 16.2. The van der Waals surface area contributed by atoms with Crippen LogP contribution in [0.3, 0.4) is 0 Å². The van der Waals surface area contributed by atoms with E-state index in [-0.39, 0.29) is 0 Å². The van der Waals surface area contributed by atoms with Gasteiger partial charge in [-0.1, -0.05) is 127 Å². The number of furan rings is 1. The zero-order chi connectivity index (χ0) is 31.6. The van der Waals surface area contributed by atoms with Crippen molar-refractivity contribution < 1.29 is 4.42 Å². The van der Waals surface area contributed by atoms with Gasteiger partial charge in [-0.2, -0.15) is 0 Å². The van der Waals surface area contributed by atoms with Gasteiger partial charge in [-0.05, 0) is 47.5 Å². The SMILES string of the molecule is c1ccc(-c2nc(-c3ccc4c(c3)oc3c(-n5c6ccccc6c6c(-c7ccccc7)cccc65)cccc34)c3ccccc3n2)cc1. The third-order valence-corrected chi connectivity index (χ3v) is 9.41. The molecule has 48 heavy (non-hydrogen) atoms. The highest BCUT2D eigenvalue weighted by atomic mass is 16.3. The normalized spacial score (nSPS) is 11.8. The molecule has 0 aliphatic carbocycles. The largest absolute Gasteiger partial charge is 0.454 e. The van der Waals surface area contributed by atoms with Crippen LogP contribution in [-0.2, 0) is 0 Å². The van der Waals surface area contributed by atoms with Crippen LogP contribution in [-0.4, -0.2) is 14.5 Å². The van der Waals surface area contributed by atoms with Crippen molar-refractivity contribution in [1.82, 2.24) is 14.5 Å². The predicted molar refractivity (Wildman–Crippen MR) is 197 cm³/mol. The highest BCUT2D eigenvalue weighted by Crippen LogP contribution is 2.42. The van der Waals surface area contributed by atoms with Gasteiger partial charge in [-0.25, -0.2) is 9.97 Å². The lowest BCUT2D eigenvalue weighted by atomic mass is 9.99. The van der Waals surface area contributed by atoms with Crippen molar-refractivity contribution in [3.63, 3.8) is 0 Å². The fourth-order valence-electron chi connectivity index (χ4n) is 7.26. The number of fused-ring (bicyclic) bond motifs is 7. The summed E-state index contributed by atoms with van der Waals surface area (Å²) in [7, 11) is 0. The van der Waals surface area contributed by atoms with Gasteiger partial charge in [0.15, 0.2) is 11.4 Å². The molecule has 3 aromatic heterocycles. The van der Waals surface area contributed by atoms with E-state index in [0.29, 0.717) is 5.82 Å². The van der Waals surface area contributed by atoms with Crippen LogP contribution in [0.2, 0.25) is 0 Å². The van der Waals surface area contributed by atoms with Crippen molar-refractivity contribution in [3.8, 4) is 39.5 Å². The molecule has 0 bridgehead atoms.